The van der Waals surface area contributed by atoms with E-state index in [1.165, 1.54) is 21.0 Å². The maximum Gasteiger partial charge on any atom is 0.333 e. The van der Waals surface area contributed by atoms with Gasteiger partial charge in [0, 0.05) is 44.6 Å². The summed E-state index contributed by atoms with van der Waals surface area (Å²) in [6.45, 7) is 8.01. The molecular formula is C27H33FN8O3S. The molecule has 0 aliphatic carbocycles. The molecule has 13 heteroatoms. The van der Waals surface area contributed by atoms with E-state index in [0.29, 0.717) is 60.3 Å². The molecule has 1 aliphatic heterocycles. The van der Waals surface area contributed by atoms with Gasteiger partial charge in [0.2, 0.25) is 16.0 Å². The lowest BCUT2D eigenvalue weighted by Gasteiger charge is -2.31. The van der Waals surface area contributed by atoms with Crippen LogP contribution in [0.5, 0.6) is 0 Å². The lowest BCUT2D eigenvalue weighted by Crippen LogP contribution is -2.42. The van der Waals surface area contributed by atoms with Crippen LogP contribution in [-0.4, -0.2) is 60.7 Å². The van der Waals surface area contributed by atoms with Crippen LogP contribution in [0.15, 0.2) is 52.4 Å². The molecule has 0 atom stereocenters. The van der Waals surface area contributed by atoms with E-state index in [-0.39, 0.29) is 28.5 Å². The molecule has 1 aliphatic rings. The van der Waals surface area contributed by atoms with Crippen LogP contribution in [0, 0.1) is 19.7 Å². The highest BCUT2D eigenvalue weighted by molar-refractivity contribution is 7.89. The summed E-state index contributed by atoms with van der Waals surface area (Å²) in [7, 11) is -1.91. The van der Waals surface area contributed by atoms with Crippen molar-refractivity contribution in [2.75, 3.05) is 18.4 Å². The molecule has 1 fully saturated rings. The van der Waals surface area contributed by atoms with Crippen LogP contribution in [-0.2, 0) is 17.1 Å². The Morgan fingerprint density at radius 2 is 1.75 bits per heavy atom. The van der Waals surface area contributed by atoms with Crippen LogP contribution in [0.4, 0.5) is 10.3 Å². The molecule has 1 N–H and O–H groups in total. The standard InChI is InChI=1S/C27H33FN8O3S/c1-17(2)35-16-24(36(27(35)37)22-8-6-20(28)7-9-22)23-10-13-29-26(31-23)30-21-11-14-34(15-12-21)40(38,39)25-18(3)32-33(5)19(25)4/h6-10,13,16-17,21H,11-12,14-15H2,1-5H3,(H,29,30,31). The number of anilines is 1. The van der Waals surface area contributed by atoms with Gasteiger partial charge in [-0.3, -0.25) is 13.8 Å². The number of rotatable bonds is 7. The fourth-order valence-electron chi connectivity index (χ4n) is 5.10. The fourth-order valence-corrected chi connectivity index (χ4v) is 6.97. The second-order valence-electron chi connectivity index (χ2n) is 10.3. The highest BCUT2D eigenvalue weighted by Gasteiger charge is 2.33. The first-order valence-corrected chi connectivity index (χ1v) is 14.6. The lowest BCUT2D eigenvalue weighted by molar-refractivity contribution is 0.329. The minimum atomic E-state index is -3.65. The number of halogens is 1. The van der Waals surface area contributed by atoms with Gasteiger partial charge in [0.05, 0.1) is 28.5 Å². The molecule has 1 aromatic carbocycles. The molecule has 40 heavy (non-hydrogen) atoms. The number of imidazole rings is 1. The van der Waals surface area contributed by atoms with E-state index in [4.69, 9.17) is 0 Å². The fraction of sp³-hybridized carbons (Fsp3) is 0.407. The Morgan fingerprint density at radius 3 is 2.35 bits per heavy atom. The van der Waals surface area contributed by atoms with E-state index < -0.39 is 10.0 Å². The van der Waals surface area contributed by atoms with Crippen LogP contribution in [0.3, 0.4) is 0 Å². The van der Waals surface area contributed by atoms with Crippen molar-refractivity contribution in [3.8, 4) is 17.1 Å². The number of nitrogens with zero attached hydrogens (tertiary/aromatic N) is 7. The van der Waals surface area contributed by atoms with Crippen molar-refractivity contribution in [2.45, 2.75) is 57.5 Å². The molecule has 3 aromatic heterocycles. The quantitative estimate of drug-likeness (QED) is 0.363. The van der Waals surface area contributed by atoms with Gasteiger partial charge in [-0.25, -0.2) is 27.6 Å². The van der Waals surface area contributed by atoms with Crippen LogP contribution < -0.4 is 11.0 Å². The van der Waals surface area contributed by atoms with E-state index >= 15 is 0 Å². The zero-order chi connectivity index (χ0) is 28.8. The smallest absolute Gasteiger partial charge is 0.333 e. The van der Waals surface area contributed by atoms with E-state index in [2.05, 4.69) is 20.4 Å². The van der Waals surface area contributed by atoms with Crippen molar-refractivity contribution in [3.63, 3.8) is 0 Å². The molecule has 11 nitrogen and oxygen atoms in total. The summed E-state index contributed by atoms with van der Waals surface area (Å²) >= 11 is 0. The molecule has 0 bridgehead atoms. The number of piperidine rings is 1. The van der Waals surface area contributed by atoms with Crippen LogP contribution in [0.25, 0.3) is 17.1 Å². The Kier molecular flexibility index (Phi) is 7.36. The first-order valence-electron chi connectivity index (χ1n) is 13.2. The minimum absolute atomic E-state index is 0.0302. The maximum absolute atomic E-state index is 13.6. The van der Waals surface area contributed by atoms with Crippen LogP contribution in [0.1, 0.15) is 44.1 Å². The molecule has 5 rings (SSSR count). The third-order valence-electron chi connectivity index (χ3n) is 7.30. The van der Waals surface area contributed by atoms with Gasteiger partial charge in [0.25, 0.3) is 0 Å². The van der Waals surface area contributed by atoms with Gasteiger partial charge >= 0.3 is 5.69 Å². The van der Waals surface area contributed by atoms with Crippen molar-refractivity contribution < 1.29 is 12.8 Å². The number of nitrogens with one attached hydrogen (secondary N) is 1. The average Bonchev–Trinajstić information content (AvgIpc) is 3.40. The second-order valence-corrected chi connectivity index (χ2v) is 12.2. The number of aromatic nitrogens is 6. The number of aryl methyl sites for hydroxylation is 2. The third-order valence-corrected chi connectivity index (χ3v) is 9.45. The molecule has 0 spiro atoms. The molecule has 4 heterocycles. The van der Waals surface area contributed by atoms with Crippen LogP contribution >= 0.6 is 0 Å². The summed E-state index contributed by atoms with van der Waals surface area (Å²) < 4.78 is 46.5. The SMILES string of the molecule is Cc1nn(C)c(C)c1S(=O)(=O)N1CCC(Nc2nccc(-c3cn(C(C)C)c(=O)n3-c3ccc(F)cc3)n2)CC1. The number of benzene rings is 1. The Labute approximate surface area is 232 Å². The van der Waals surface area contributed by atoms with Gasteiger partial charge in [0.1, 0.15) is 10.7 Å². The van der Waals surface area contributed by atoms with Crippen LogP contribution in [0.2, 0.25) is 0 Å². The molecule has 0 unspecified atom stereocenters. The first kappa shape index (κ1) is 27.7. The van der Waals surface area contributed by atoms with E-state index in [9.17, 15) is 17.6 Å². The van der Waals surface area contributed by atoms with Gasteiger partial charge < -0.3 is 5.32 Å². The van der Waals surface area contributed by atoms with Crippen molar-refractivity contribution in [1.29, 1.82) is 0 Å². The summed E-state index contributed by atoms with van der Waals surface area (Å²) in [4.78, 5) is 22.6. The van der Waals surface area contributed by atoms with E-state index in [0.717, 1.165) is 0 Å². The normalized spacial score (nSPS) is 15.2. The Hall–Kier alpha value is -3.84. The van der Waals surface area contributed by atoms with E-state index in [1.807, 2.05) is 13.8 Å². The Morgan fingerprint density at radius 1 is 1.07 bits per heavy atom. The summed E-state index contributed by atoms with van der Waals surface area (Å²) in [5.41, 5.74) is 2.47. The van der Waals surface area contributed by atoms with Crippen molar-refractivity contribution in [2.24, 2.45) is 7.05 Å². The van der Waals surface area contributed by atoms with Gasteiger partial charge in [-0.1, -0.05) is 0 Å². The number of hydrogen-bond acceptors (Lipinski definition) is 7. The topological polar surface area (TPSA) is 120 Å². The predicted octanol–water partition coefficient (Wildman–Crippen LogP) is 3.43. The monoisotopic (exact) mass is 568 g/mol. The van der Waals surface area contributed by atoms with Gasteiger partial charge in [-0.15, -0.1) is 0 Å². The molecule has 4 aromatic rings. The summed E-state index contributed by atoms with van der Waals surface area (Å²) in [5.74, 6) is -0.00660. The zero-order valence-corrected chi connectivity index (χ0v) is 24.0. The number of sulfonamides is 1. The molecule has 0 saturated carbocycles. The Balaban J connectivity index is 1.36. The highest BCUT2D eigenvalue weighted by atomic mass is 32.2. The maximum atomic E-state index is 13.6. The lowest BCUT2D eigenvalue weighted by atomic mass is 10.1. The predicted molar refractivity (Wildman–Crippen MR) is 149 cm³/mol. The van der Waals surface area contributed by atoms with Crippen molar-refractivity contribution in [1.82, 2.24) is 33.2 Å². The van der Waals surface area contributed by atoms with Crippen molar-refractivity contribution >= 4 is 16.0 Å². The Bertz CT molecular complexity index is 1700. The van der Waals surface area contributed by atoms with E-state index in [1.54, 1.807) is 60.7 Å². The zero-order valence-electron chi connectivity index (χ0n) is 23.2. The first-order chi connectivity index (χ1) is 19.0. The second kappa shape index (κ2) is 10.6. The minimum Gasteiger partial charge on any atom is -0.351 e. The highest BCUT2D eigenvalue weighted by Crippen LogP contribution is 2.27. The summed E-state index contributed by atoms with van der Waals surface area (Å²) in [5, 5.41) is 7.60. The molecular weight excluding hydrogens is 535 g/mol. The van der Waals surface area contributed by atoms with Crippen molar-refractivity contribution in [3.05, 3.63) is 70.4 Å². The summed E-state index contributed by atoms with van der Waals surface area (Å²) in [6.07, 6.45) is 4.52. The molecule has 1 saturated heterocycles. The molecule has 212 valence electrons. The largest absolute Gasteiger partial charge is 0.351 e. The van der Waals surface area contributed by atoms with Gasteiger partial charge in [0.15, 0.2) is 0 Å². The molecule has 0 radical (unpaired) electrons. The average molecular weight is 569 g/mol. The molecule has 0 amide bonds. The number of hydrogen-bond donors (Lipinski definition) is 1. The summed E-state index contributed by atoms with van der Waals surface area (Å²) in [6, 6.07) is 7.34. The van der Waals surface area contributed by atoms with Gasteiger partial charge in [-0.05, 0) is 70.9 Å². The van der Waals surface area contributed by atoms with Gasteiger partial charge in [-0.2, -0.15) is 9.40 Å². The third kappa shape index (κ3) is 5.06.